The SMILES string of the molecule is COc1ccc(N2C(N)=c3ccoc3=NC2c2cccc(NS(=O)(=O)CCN3CCOCC3)c2)cc1. The summed E-state index contributed by atoms with van der Waals surface area (Å²) in [6.45, 7) is 3.18. The molecule has 0 amide bonds. The molecule has 1 aromatic heterocycles. The number of ether oxygens (including phenoxy) is 2. The first kappa shape index (κ1) is 24.2. The van der Waals surface area contributed by atoms with Gasteiger partial charge in [0.15, 0.2) is 6.17 Å². The van der Waals surface area contributed by atoms with E-state index in [4.69, 9.17) is 24.6 Å². The summed E-state index contributed by atoms with van der Waals surface area (Å²) >= 11 is 0. The molecular formula is C25H29N5O5S. The Kier molecular flexibility index (Phi) is 6.86. The van der Waals surface area contributed by atoms with Crippen LogP contribution in [0.3, 0.4) is 0 Å². The van der Waals surface area contributed by atoms with Crippen LogP contribution in [0.25, 0.3) is 5.82 Å². The molecule has 3 N–H and O–H groups in total. The molecule has 1 atom stereocenters. The molecule has 2 aliphatic rings. The van der Waals surface area contributed by atoms with Crippen molar-refractivity contribution in [3.05, 3.63) is 77.2 Å². The molecule has 190 valence electrons. The second-order valence-corrected chi connectivity index (χ2v) is 10.4. The Morgan fingerprint density at radius 2 is 1.92 bits per heavy atom. The van der Waals surface area contributed by atoms with Crippen LogP contribution in [0.4, 0.5) is 11.4 Å². The van der Waals surface area contributed by atoms with E-state index in [2.05, 4.69) is 9.62 Å². The Hall–Kier alpha value is -3.54. The standard InChI is InChI=1S/C25H29N5O5S/c1-33-21-7-5-20(6-8-21)30-23(26)22-9-13-35-25(22)27-24(30)18-3-2-4-19(17-18)28-36(31,32)16-12-29-10-14-34-15-11-29/h2-9,13,17,24,28H,10-12,14-16,26H2,1H3. The van der Waals surface area contributed by atoms with Crippen LogP contribution in [0, 0.1) is 0 Å². The molecule has 11 heteroatoms. The van der Waals surface area contributed by atoms with Gasteiger partial charge in [-0.1, -0.05) is 12.1 Å². The van der Waals surface area contributed by atoms with Crippen LogP contribution in [0.2, 0.25) is 0 Å². The third-order valence-electron chi connectivity index (χ3n) is 6.25. The summed E-state index contributed by atoms with van der Waals surface area (Å²) in [5.74, 6) is 1.21. The van der Waals surface area contributed by atoms with Gasteiger partial charge in [0.2, 0.25) is 15.6 Å². The average molecular weight is 512 g/mol. The van der Waals surface area contributed by atoms with Gasteiger partial charge in [-0.05, 0) is 48.0 Å². The minimum absolute atomic E-state index is 0.000510. The van der Waals surface area contributed by atoms with Crippen molar-refractivity contribution in [2.24, 2.45) is 10.7 Å². The molecule has 1 saturated heterocycles. The van der Waals surface area contributed by atoms with Gasteiger partial charge in [-0.25, -0.2) is 13.4 Å². The predicted molar refractivity (Wildman–Crippen MR) is 136 cm³/mol. The maximum absolute atomic E-state index is 12.8. The van der Waals surface area contributed by atoms with E-state index in [1.54, 1.807) is 37.6 Å². The number of sulfonamides is 1. The molecule has 0 spiro atoms. The molecule has 1 fully saturated rings. The van der Waals surface area contributed by atoms with Crippen LogP contribution in [-0.4, -0.2) is 59.0 Å². The van der Waals surface area contributed by atoms with E-state index < -0.39 is 16.2 Å². The first-order chi connectivity index (χ1) is 17.4. The molecule has 3 aromatic rings. The number of hydrogen-bond donors (Lipinski definition) is 2. The molecule has 36 heavy (non-hydrogen) atoms. The molecule has 1 unspecified atom stereocenters. The summed E-state index contributed by atoms with van der Waals surface area (Å²) in [7, 11) is -1.93. The van der Waals surface area contributed by atoms with Crippen molar-refractivity contribution in [3.63, 3.8) is 0 Å². The van der Waals surface area contributed by atoms with Crippen LogP contribution in [-0.2, 0) is 14.8 Å². The minimum atomic E-state index is -3.54. The monoisotopic (exact) mass is 511 g/mol. The van der Waals surface area contributed by atoms with Gasteiger partial charge in [-0.3, -0.25) is 9.62 Å². The maximum Gasteiger partial charge on any atom is 0.233 e. The molecule has 0 bridgehead atoms. The van der Waals surface area contributed by atoms with E-state index in [1.807, 2.05) is 35.2 Å². The highest BCUT2D eigenvalue weighted by Crippen LogP contribution is 2.33. The third kappa shape index (κ3) is 5.18. The molecule has 2 aliphatic heterocycles. The maximum atomic E-state index is 12.8. The zero-order valence-corrected chi connectivity index (χ0v) is 20.8. The van der Waals surface area contributed by atoms with Crippen LogP contribution in [0.1, 0.15) is 11.7 Å². The highest BCUT2D eigenvalue weighted by Gasteiger charge is 2.28. The van der Waals surface area contributed by atoms with Crippen LogP contribution < -0.4 is 30.9 Å². The Balaban J connectivity index is 1.42. The molecule has 5 rings (SSSR count). The first-order valence-corrected chi connectivity index (χ1v) is 13.3. The van der Waals surface area contributed by atoms with Crippen molar-refractivity contribution >= 4 is 27.2 Å². The molecular weight excluding hydrogens is 482 g/mol. The number of fused-ring (bicyclic) bond motifs is 1. The zero-order valence-electron chi connectivity index (χ0n) is 20.0. The van der Waals surface area contributed by atoms with Crippen molar-refractivity contribution < 1.29 is 22.3 Å². The number of nitrogens with two attached hydrogens (primary N) is 1. The van der Waals surface area contributed by atoms with E-state index in [9.17, 15) is 8.42 Å². The van der Waals surface area contributed by atoms with Crippen LogP contribution in [0.5, 0.6) is 5.75 Å². The lowest BCUT2D eigenvalue weighted by molar-refractivity contribution is 0.0408. The Bertz CT molecular complexity index is 1430. The normalized spacial score (nSPS) is 18.4. The number of benzene rings is 2. The number of methoxy groups -OCH3 is 1. The zero-order chi connectivity index (χ0) is 25.1. The topological polar surface area (TPSA) is 123 Å². The molecule has 0 radical (unpaired) electrons. The summed E-state index contributed by atoms with van der Waals surface area (Å²) in [4.78, 5) is 8.77. The quantitative estimate of drug-likeness (QED) is 0.463. The number of anilines is 2. The van der Waals surface area contributed by atoms with Crippen molar-refractivity contribution in [2.45, 2.75) is 6.17 Å². The third-order valence-corrected chi connectivity index (χ3v) is 7.52. The van der Waals surface area contributed by atoms with Gasteiger partial charge in [-0.2, -0.15) is 0 Å². The number of nitrogens with zero attached hydrogens (tertiary/aromatic N) is 3. The molecule has 0 aliphatic carbocycles. The lowest BCUT2D eigenvalue weighted by Gasteiger charge is -2.33. The van der Waals surface area contributed by atoms with E-state index in [-0.39, 0.29) is 5.75 Å². The van der Waals surface area contributed by atoms with Gasteiger partial charge in [0, 0.05) is 31.0 Å². The van der Waals surface area contributed by atoms with Gasteiger partial charge in [0.1, 0.15) is 11.6 Å². The van der Waals surface area contributed by atoms with Gasteiger partial charge in [0.05, 0.1) is 37.6 Å². The van der Waals surface area contributed by atoms with E-state index >= 15 is 0 Å². The smallest absolute Gasteiger partial charge is 0.233 e. The Morgan fingerprint density at radius 3 is 2.67 bits per heavy atom. The van der Waals surface area contributed by atoms with Crippen molar-refractivity contribution in [2.75, 3.05) is 55.3 Å². The summed E-state index contributed by atoms with van der Waals surface area (Å²) in [6.07, 6.45) is 0.990. The fourth-order valence-electron chi connectivity index (χ4n) is 4.34. The highest BCUT2D eigenvalue weighted by molar-refractivity contribution is 7.92. The summed E-state index contributed by atoms with van der Waals surface area (Å²) < 4.78 is 44.5. The Labute approximate surface area is 209 Å². The fourth-order valence-corrected chi connectivity index (χ4v) is 5.43. The van der Waals surface area contributed by atoms with Gasteiger partial charge < -0.3 is 24.5 Å². The number of furan rings is 1. The fraction of sp³-hybridized carbons (Fsp3) is 0.320. The van der Waals surface area contributed by atoms with Crippen molar-refractivity contribution in [3.8, 4) is 5.75 Å². The summed E-state index contributed by atoms with van der Waals surface area (Å²) in [6, 6.07) is 16.5. The number of hydrogen-bond acceptors (Lipinski definition) is 9. The lowest BCUT2D eigenvalue weighted by atomic mass is 10.1. The van der Waals surface area contributed by atoms with Crippen LogP contribution >= 0.6 is 0 Å². The molecule has 2 aromatic carbocycles. The van der Waals surface area contributed by atoms with E-state index in [1.165, 1.54) is 0 Å². The average Bonchev–Trinajstić information content (AvgIpc) is 3.37. The second kappa shape index (κ2) is 10.2. The highest BCUT2D eigenvalue weighted by atomic mass is 32.2. The van der Waals surface area contributed by atoms with Gasteiger partial charge >= 0.3 is 0 Å². The first-order valence-electron chi connectivity index (χ1n) is 11.7. The van der Waals surface area contributed by atoms with E-state index in [0.717, 1.165) is 30.1 Å². The summed E-state index contributed by atoms with van der Waals surface area (Å²) in [5.41, 5.74) is 9.04. The minimum Gasteiger partial charge on any atom is -0.497 e. The van der Waals surface area contributed by atoms with E-state index in [0.29, 0.717) is 42.0 Å². The molecule has 10 nitrogen and oxygen atoms in total. The molecule has 0 saturated carbocycles. The van der Waals surface area contributed by atoms with Crippen molar-refractivity contribution in [1.29, 1.82) is 0 Å². The number of rotatable bonds is 8. The molecule has 3 heterocycles. The summed E-state index contributed by atoms with van der Waals surface area (Å²) in [5, 5.41) is 0.696. The lowest BCUT2D eigenvalue weighted by Crippen LogP contribution is -2.43. The van der Waals surface area contributed by atoms with Gasteiger partial charge in [-0.15, -0.1) is 0 Å². The second-order valence-electron chi connectivity index (χ2n) is 8.60. The largest absolute Gasteiger partial charge is 0.497 e. The number of morpholine rings is 1. The number of nitrogens with one attached hydrogen (secondary N) is 1. The van der Waals surface area contributed by atoms with Gasteiger partial charge in [0.25, 0.3) is 0 Å². The Morgan fingerprint density at radius 1 is 1.14 bits per heavy atom. The van der Waals surface area contributed by atoms with Crippen molar-refractivity contribution in [1.82, 2.24) is 4.90 Å². The van der Waals surface area contributed by atoms with Crippen LogP contribution in [0.15, 0.2) is 70.3 Å². The predicted octanol–water partition coefficient (Wildman–Crippen LogP) is 1.23.